The van der Waals surface area contributed by atoms with Crippen molar-refractivity contribution in [1.82, 2.24) is 14.9 Å². The van der Waals surface area contributed by atoms with Crippen LogP contribution in [0.2, 0.25) is 0 Å². The van der Waals surface area contributed by atoms with Crippen LogP contribution in [0.4, 0.5) is 4.39 Å². The second-order valence-electron chi connectivity index (χ2n) is 5.77. The molecule has 0 atom stereocenters. The molecule has 0 aliphatic carbocycles. The van der Waals surface area contributed by atoms with E-state index in [0.717, 1.165) is 55.0 Å². The van der Waals surface area contributed by atoms with Gasteiger partial charge in [-0.3, -0.25) is 9.69 Å². The number of aryl methyl sites for hydroxylation is 1. The third-order valence-electron chi connectivity index (χ3n) is 4.00. The van der Waals surface area contributed by atoms with E-state index >= 15 is 0 Å². The maximum absolute atomic E-state index is 12.9. The standard InChI is InChI=1S/C17H20FN3O/c1-2-3-16-19-15-8-9-21(11-14(15)17(22)20-16)10-12-4-6-13(18)7-5-12/h4-7H,2-3,8-11H2,1H3,(H,19,20,22). The lowest BCUT2D eigenvalue weighted by molar-refractivity contribution is 0.241. The van der Waals surface area contributed by atoms with Gasteiger partial charge in [-0.15, -0.1) is 0 Å². The van der Waals surface area contributed by atoms with E-state index in [4.69, 9.17) is 0 Å². The van der Waals surface area contributed by atoms with Crippen LogP contribution in [0.5, 0.6) is 0 Å². The smallest absolute Gasteiger partial charge is 0.255 e. The first-order valence-electron chi connectivity index (χ1n) is 7.73. The number of hydrogen-bond donors (Lipinski definition) is 1. The zero-order chi connectivity index (χ0) is 15.5. The van der Waals surface area contributed by atoms with Gasteiger partial charge in [0.2, 0.25) is 0 Å². The topological polar surface area (TPSA) is 49.0 Å². The Morgan fingerprint density at radius 1 is 1.32 bits per heavy atom. The molecule has 0 amide bonds. The van der Waals surface area contributed by atoms with E-state index in [0.29, 0.717) is 6.54 Å². The number of fused-ring (bicyclic) bond motifs is 1. The second kappa shape index (κ2) is 6.40. The van der Waals surface area contributed by atoms with Crippen molar-refractivity contribution < 1.29 is 4.39 Å². The van der Waals surface area contributed by atoms with Gasteiger partial charge < -0.3 is 4.98 Å². The van der Waals surface area contributed by atoms with Crippen molar-refractivity contribution in [3.05, 3.63) is 63.1 Å². The molecule has 2 aromatic rings. The molecule has 1 aromatic heterocycles. The Balaban J connectivity index is 1.76. The highest BCUT2D eigenvalue weighted by atomic mass is 19.1. The summed E-state index contributed by atoms with van der Waals surface area (Å²) in [5.74, 6) is 0.565. The van der Waals surface area contributed by atoms with E-state index in [9.17, 15) is 9.18 Å². The molecule has 1 aromatic carbocycles. The summed E-state index contributed by atoms with van der Waals surface area (Å²) in [5.41, 5.74) is 2.74. The zero-order valence-electron chi connectivity index (χ0n) is 12.7. The van der Waals surface area contributed by atoms with Crippen molar-refractivity contribution >= 4 is 0 Å². The minimum atomic E-state index is -0.225. The van der Waals surface area contributed by atoms with Gasteiger partial charge in [-0.05, 0) is 24.1 Å². The molecule has 5 heteroatoms. The number of aromatic amines is 1. The van der Waals surface area contributed by atoms with Crippen LogP contribution in [0, 0.1) is 5.82 Å². The van der Waals surface area contributed by atoms with Gasteiger partial charge in [-0.1, -0.05) is 19.1 Å². The van der Waals surface area contributed by atoms with Gasteiger partial charge in [0.15, 0.2) is 0 Å². The Hall–Kier alpha value is -2.01. The van der Waals surface area contributed by atoms with Crippen molar-refractivity contribution in [1.29, 1.82) is 0 Å². The number of halogens is 1. The van der Waals surface area contributed by atoms with Crippen LogP contribution < -0.4 is 5.56 Å². The lowest BCUT2D eigenvalue weighted by Gasteiger charge is -2.27. The number of H-pyrrole nitrogens is 1. The number of nitrogens with one attached hydrogen (secondary N) is 1. The van der Waals surface area contributed by atoms with Crippen LogP contribution in [-0.4, -0.2) is 21.4 Å². The van der Waals surface area contributed by atoms with Gasteiger partial charge in [0.05, 0.1) is 11.3 Å². The molecule has 0 saturated heterocycles. The highest BCUT2D eigenvalue weighted by molar-refractivity contribution is 5.22. The number of rotatable bonds is 4. The van der Waals surface area contributed by atoms with Gasteiger partial charge in [0.1, 0.15) is 11.6 Å². The predicted molar refractivity (Wildman–Crippen MR) is 83.1 cm³/mol. The third-order valence-corrected chi connectivity index (χ3v) is 4.00. The molecule has 1 aliphatic rings. The van der Waals surface area contributed by atoms with Crippen molar-refractivity contribution in [2.45, 2.75) is 39.3 Å². The van der Waals surface area contributed by atoms with Crippen LogP contribution in [0.15, 0.2) is 29.1 Å². The summed E-state index contributed by atoms with van der Waals surface area (Å²) >= 11 is 0. The van der Waals surface area contributed by atoms with Crippen molar-refractivity contribution in [2.75, 3.05) is 6.54 Å². The van der Waals surface area contributed by atoms with Crippen molar-refractivity contribution in [3.63, 3.8) is 0 Å². The molecule has 0 spiro atoms. The first-order chi connectivity index (χ1) is 10.7. The molecular formula is C17H20FN3O. The van der Waals surface area contributed by atoms with E-state index in [1.54, 1.807) is 12.1 Å². The van der Waals surface area contributed by atoms with Gasteiger partial charge in [-0.25, -0.2) is 9.37 Å². The highest BCUT2D eigenvalue weighted by Crippen LogP contribution is 2.17. The molecule has 0 saturated carbocycles. The number of hydrogen-bond acceptors (Lipinski definition) is 3. The molecule has 0 bridgehead atoms. The number of nitrogens with zero attached hydrogens (tertiary/aromatic N) is 2. The normalized spacial score (nSPS) is 14.8. The van der Waals surface area contributed by atoms with E-state index in [1.807, 2.05) is 0 Å². The van der Waals surface area contributed by atoms with E-state index in [2.05, 4.69) is 21.8 Å². The summed E-state index contributed by atoms with van der Waals surface area (Å²) < 4.78 is 12.9. The van der Waals surface area contributed by atoms with E-state index in [-0.39, 0.29) is 11.4 Å². The van der Waals surface area contributed by atoms with E-state index in [1.165, 1.54) is 12.1 Å². The quantitative estimate of drug-likeness (QED) is 0.943. The van der Waals surface area contributed by atoms with Gasteiger partial charge in [0.25, 0.3) is 5.56 Å². The molecule has 1 aliphatic heterocycles. The highest BCUT2D eigenvalue weighted by Gasteiger charge is 2.21. The molecule has 1 N–H and O–H groups in total. The predicted octanol–water partition coefficient (Wildman–Crippen LogP) is 2.42. The fourth-order valence-corrected chi connectivity index (χ4v) is 2.87. The number of benzene rings is 1. The van der Waals surface area contributed by atoms with Crippen molar-refractivity contribution in [3.8, 4) is 0 Å². The van der Waals surface area contributed by atoms with Crippen molar-refractivity contribution in [2.24, 2.45) is 0 Å². The maximum atomic E-state index is 12.9. The molecule has 3 rings (SSSR count). The van der Waals surface area contributed by atoms with E-state index < -0.39 is 0 Å². The Morgan fingerprint density at radius 2 is 2.09 bits per heavy atom. The summed E-state index contributed by atoms with van der Waals surface area (Å²) in [6.07, 6.45) is 2.57. The summed E-state index contributed by atoms with van der Waals surface area (Å²) in [6, 6.07) is 6.52. The van der Waals surface area contributed by atoms with Crippen LogP contribution in [0.25, 0.3) is 0 Å². The van der Waals surface area contributed by atoms with Gasteiger partial charge in [-0.2, -0.15) is 0 Å². The maximum Gasteiger partial charge on any atom is 0.255 e. The summed E-state index contributed by atoms with van der Waals surface area (Å²) in [7, 11) is 0. The fraction of sp³-hybridized carbons (Fsp3) is 0.412. The Kier molecular flexibility index (Phi) is 4.34. The third kappa shape index (κ3) is 3.25. The minimum Gasteiger partial charge on any atom is -0.310 e. The SMILES string of the molecule is CCCc1nc2c(c(=O)[nH]1)CN(Cc1ccc(F)cc1)CC2. The molecule has 116 valence electrons. The second-order valence-corrected chi connectivity index (χ2v) is 5.77. The Labute approximate surface area is 129 Å². The number of aromatic nitrogens is 2. The molecule has 0 radical (unpaired) electrons. The monoisotopic (exact) mass is 301 g/mol. The Bertz CT molecular complexity index is 709. The first-order valence-corrected chi connectivity index (χ1v) is 7.73. The molecule has 4 nitrogen and oxygen atoms in total. The lowest BCUT2D eigenvalue weighted by atomic mass is 10.1. The van der Waals surface area contributed by atoms with Crippen LogP contribution in [-0.2, 0) is 25.9 Å². The molecule has 0 unspecified atom stereocenters. The average Bonchev–Trinajstić information content (AvgIpc) is 2.51. The van der Waals surface area contributed by atoms with Crippen LogP contribution in [0.3, 0.4) is 0 Å². The van der Waals surface area contributed by atoms with Gasteiger partial charge in [0, 0.05) is 32.5 Å². The fourth-order valence-electron chi connectivity index (χ4n) is 2.87. The lowest BCUT2D eigenvalue weighted by Crippen LogP contribution is -2.35. The summed E-state index contributed by atoms with van der Waals surface area (Å²) in [5, 5.41) is 0. The summed E-state index contributed by atoms with van der Waals surface area (Å²) in [6.45, 7) is 4.26. The zero-order valence-corrected chi connectivity index (χ0v) is 12.7. The average molecular weight is 301 g/mol. The molecule has 0 fully saturated rings. The van der Waals surface area contributed by atoms with Gasteiger partial charge >= 0.3 is 0 Å². The largest absolute Gasteiger partial charge is 0.310 e. The Morgan fingerprint density at radius 3 is 2.82 bits per heavy atom. The molecular weight excluding hydrogens is 281 g/mol. The van der Waals surface area contributed by atoms with Crippen LogP contribution in [0.1, 0.15) is 36.0 Å². The molecule has 2 heterocycles. The van der Waals surface area contributed by atoms with Crippen LogP contribution >= 0.6 is 0 Å². The first kappa shape index (κ1) is 14.9. The molecule has 22 heavy (non-hydrogen) atoms. The summed E-state index contributed by atoms with van der Waals surface area (Å²) in [4.78, 5) is 21.9. The minimum absolute atomic E-state index is 0.0164.